The summed E-state index contributed by atoms with van der Waals surface area (Å²) in [5, 5.41) is 0. The van der Waals surface area contributed by atoms with E-state index in [4.69, 9.17) is 0 Å². The molecule has 1 aliphatic carbocycles. The molecule has 118 valence electrons. The Morgan fingerprint density at radius 3 is 3.04 bits per heavy atom. The Kier molecular flexibility index (Phi) is 2.86. The number of carbonyl (C=O) groups excluding carboxylic acids is 1. The molecule has 0 radical (unpaired) electrons. The molecule has 1 aromatic heterocycles. The molecule has 0 saturated carbocycles. The second-order valence-corrected chi connectivity index (χ2v) is 6.45. The van der Waals surface area contributed by atoms with Crippen molar-refractivity contribution in [2.24, 2.45) is 0 Å². The fourth-order valence-electron chi connectivity index (χ4n) is 3.95. The van der Waals surface area contributed by atoms with E-state index in [0.29, 0.717) is 0 Å². The Morgan fingerprint density at radius 1 is 1.17 bits per heavy atom. The van der Waals surface area contributed by atoms with Gasteiger partial charge in [0.1, 0.15) is 0 Å². The van der Waals surface area contributed by atoms with Crippen molar-refractivity contribution in [1.82, 2.24) is 14.9 Å². The Morgan fingerprint density at radius 2 is 2.08 bits per heavy atom. The monoisotopic (exact) mass is 315 g/mol. The lowest BCUT2D eigenvalue weighted by Gasteiger charge is -2.29. The van der Waals surface area contributed by atoms with Gasteiger partial charge in [-0.1, -0.05) is 24.3 Å². The van der Waals surface area contributed by atoms with Crippen LogP contribution in [0.2, 0.25) is 0 Å². The molecule has 5 rings (SSSR count). The van der Waals surface area contributed by atoms with Crippen molar-refractivity contribution in [1.29, 1.82) is 0 Å². The third-order valence-corrected chi connectivity index (χ3v) is 5.10. The maximum atomic E-state index is 13.1. The maximum Gasteiger partial charge on any atom is 0.258 e. The van der Waals surface area contributed by atoms with E-state index < -0.39 is 0 Å². The van der Waals surface area contributed by atoms with Crippen molar-refractivity contribution in [3.63, 3.8) is 0 Å². The quantitative estimate of drug-likeness (QED) is 0.743. The topological polar surface area (TPSA) is 49.0 Å². The number of aromatic amines is 1. The highest BCUT2D eigenvalue weighted by molar-refractivity contribution is 5.99. The van der Waals surface area contributed by atoms with E-state index in [1.165, 1.54) is 22.4 Å². The standard InChI is InChI=1S/C20H17N3O/c24-20(14-7-8-17-18(10-14)22-12-21-17)23-9-3-6-16-15-5-2-1-4-13(15)11-19(16)23/h1-2,4-5,7-8,10,12H,3,6,9,11H2,(H,21,22). The van der Waals surface area contributed by atoms with Crippen molar-refractivity contribution in [3.8, 4) is 0 Å². The first-order valence-corrected chi connectivity index (χ1v) is 8.36. The summed E-state index contributed by atoms with van der Waals surface area (Å²) < 4.78 is 0. The van der Waals surface area contributed by atoms with Crippen LogP contribution < -0.4 is 0 Å². The predicted molar refractivity (Wildman–Crippen MR) is 93.4 cm³/mol. The molecule has 2 heterocycles. The number of aromatic nitrogens is 2. The summed E-state index contributed by atoms with van der Waals surface area (Å²) in [7, 11) is 0. The minimum Gasteiger partial charge on any atom is -0.345 e. The van der Waals surface area contributed by atoms with Crippen LogP contribution in [0.1, 0.15) is 34.3 Å². The van der Waals surface area contributed by atoms with Gasteiger partial charge in [0.2, 0.25) is 0 Å². The van der Waals surface area contributed by atoms with Gasteiger partial charge in [-0.3, -0.25) is 4.79 Å². The zero-order valence-electron chi connectivity index (χ0n) is 13.2. The molecular formula is C20H17N3O. The summed E-state index contributed by atoms with van der Waals surface area (Å²) in [4.78, 5) is 22.4. The minimum atomic E-state index is 0.0894. The van der Waals surface area contributed by atoms with E-state index in [1.807, 2.05) is 23.1 Å². The number of imidazole rings is 1. The molecule has 2 aromatic carbocycles. The molecule has 0 unspecified atom stereocenters. The van der Waals surface area contributed by atoms with E-state index >= 15 is 0 Å². The van der Waals surface area contributed by atoms with Crippen molar-refractivity contribution < 1.29 is 4.79 Å². The SMILES string of the molecule is O=C(c1ccc2nc[nH]c2c1)N1CCCC2=C1Cc1ccccc12. The van der Waals surface area contributed by atoms with Crippen LogP contribution in [-0.2, 0) is 6.42 Å². The first-order valence-electron chi connectivity index (χ1n) is 8.36. The normalized spacial score (nSPS) is 16.4. The minimum absolute atomic E-state index is 0.0894. The van der Waals surface area contributed by atoms with Crippen LogP contribution in [-0.4, -0.2) is 27.3 Å². The van der Waals surface area contributed by atoms with Gasteiger partial charge < -0.3 is 9.88 Å². The number of benzene rings is 2. The third kappa shape index (κ3) is 1.92. The largest absolute Gasteiger partial charge is 0.345 e. The Labute approximate surface area is 139 Å². The van der Waals surface area contributed by atoms with Gasteiger partial charge in [0.15, 0.2) is 0 Å². The highest BCUT2D eigenvalue weighted by Gasteiger charge is 2.31. The number of H-pyrrole nitrogens is 1. The number of fused-ring (bicyclic) bond motifs is 3. The number of allylic oxidation sites excluding steroid dienone is 2. The number of nitrogens with zero attached hydrogens (tertiary/aromatic N) is 2. The number of hydrogen-bond donors (Lipinski definition) is 1. The molecule has 4 nitrogen and oxygen atoms in total. The highest BCUT2D eigenvalue weighted by Crippen LogP contribution is 2.40. The van der Waals surface area contributed by atoms with Crippen molar-refractivity contribution in [2.45, 2.75) is 19.3 Å². The lowest BCUT2D eigenvalue weighted by Crippen LogP contribution is -2.34. The summed E-state index contributed by atoms with van der Waals surface area (Å²) in [6.45, 7) is 0.798. The van der Waals surface area contributed by atoms with Gasteiger partial charge in [-0.15, -0.1) is 0 Å². The lowest BCUT2D eigenvalue weighted by atomic mass is 9.99. The number of carbonyl (C=O) groups is 1. The van der Waals surface area contributed by atoms with E-state index in [-0.39, 0.29) is 5.91 Å². The van der Waals surface area contributed by atoms with Crippen LogP contribution in [0.4, 0.5) is 0 Å². The van der Waals surface area contributed by atoms with Gasteiger partial charge >= 0.3 is 0 Å². The summed E-state index contributed by atoms with van der Waals surface area (Å²) >= 11 is 0. The van der Waals surface area contributed by atoms with Gasteiger partial charge in [-0.25, -0.2) is 4.98 Å². The van der Waals surface area contributed by atoms with Crippen LogP contribution in [0.25, 0.3) is 16.6 Å². The van der Waals surface area contributed by atoms with Crippen LogP contribution >= 0.6 is 0 Å². The van der Waals surface area contributed by atoms with Crippen LogP contribution in [0.3, 0.4) is 0 Å². The molecule has 4 heteroatoms. The second kappa shape index (κ2) is 5.06. The molecule has 0 atom stereocenters. The molecule has 0 saturated heterocycles. The van der Waals surface area contributed by atoms with E-state index in [9.17, 15) is 4.79 Å². The lowest BCUT2D eigenvalue weighted by molar-refractivity contribution is 0.0797. The summed E-state index contributed by atoms with van der Waals surface area (Å²) in [6.07, 6.45) is 4.61. The van der Waals surface area contributed by atoms with Gasteiger partial charge in [-0.05, 0) is 47.7 Å². The molecule has 1 aliphatic heterocycles. The zero-order valence-corrected chi connectivity index (χ0v) is 13.2. The Bertz CT molecular complexity index is 999. The molecule has 0 bridgehead atoms. The van der Waals surface area contributed by atoms with Gasteiger partial charge in [-0.2, -0.15) is 0 Å². The maximum absolute atomic E-state index is 13.1. The number of rotatable bonds is 1. The third-order valence-electron chi connectivity index (χ3n) is 5.10. The fourth-order valence-corrected chi connectivity index (χ4v) is 3.95. The molecule has 1 N–H and O–H groups in total. The first-order chi connectivity index (χ1) is 11.8. The predicted octanol–water partition coefficient (Wildman–Crippen LogP) is 3.77. The Hall–Kier alpha value is -2.88. The van der Waals surface area contributed by atoms with Crippen LogP contribution in [0, 0.1) is 0 Å². The number of nitrogens with one attached hydrogen (secondary N) is 1. The Balaban J connectivity index is 1.54. The smallest absolute Gasteiger partial charge is 0.258 e. The van der Waals surface area contributed by atoms with Crippen molar-refractivity contribution in [2.75, 3.05) is 6.54 Å². The van der Waals surface area contributed by atoms with E-state index in [1.54, 1.807) is 6.33 Å². The molecule has 24 heavy (non-hydrogen) atoms. The van der Waals surface area contributed by atoms with Gasteiger partial charge in [0.25, 0.3) is 5.91 Å². The van der Waals surface area contributed by atoms with Gasteiger partial charge in [0.05, 0.1) is 17.4 Å². The number of hydrogen-bond acceptors (Lipinski definition) is 2. The highest BCUT2D eigenvalue weighted by atomic mass is 16.2. The van der Waals surface area contributed by atoms with Crippen molar-refractivity contribution in [3.05, 3.63) is 71.2 Å². The molecule has 0 fully saturated rings. The summed E-state index contributed by atoms with van der Waals surface area (Å²) in [5.41, 5.74) is 7.72. The summed E-state index contributed by atoms with van der Waals surface area (Å²) in [5.74, 6) is 0.0894. The molecule has 1 amide bonds. The average Bonchev–Trinajstić information content (AvgIpc) is 3.24. The van der Waals surface area contributed by atoms with E-state index in [2.05, 4.69) is 34.2 Å². The second-order valence-electron chi connectivity index (χ2n) is 6.45. The number of amides is 1. The van der Waals surface area contributed by atoms with Gasteiger partial charge in [0, 0.05) is 24.2 Å². The zero-order chi connectivity index (χ0) is 16.1. The summed E-state index contributed by atoms with van der Waals surface area (Å²) in [6, 6.07) is 14.2. The average molecular weight is 315 g/mol. The molecular weight excluding hydrogens is 298 g/mol. The fraction of sp³-hybridized carbons (Fsp3) is 0.200. The van der Waals surface area contributed by atoms with Crippen LogP contribution in [0.5, 0.6) is 0 Å². The molecule has 3 aromatic rings. The van der Waals surface area contributed by atoms with Crippen molar-refractivity contribution >= 4 is 22.5 Å². The first kappa shape index (κ1) is 13.5. The molecule has 0 spiro atoms. The van der Waals surface area contributed by atoms with E-state index in [0.717, 1.165) is 42.4 Å². The van der Waals surface area contributed by atoms with Crippen LogP contribution in [0.15, 0.2) is 54.5 Å². The molecule has 2 aliphatic rings.